The van der Waals surface area contributed by atoms with Crippen molar-refractivity contribution in [3.63, 3.8) is 0 Å². The van der Waals surface area contributed by atoms with Gasteiger partial charge >= 0.3 is 5.69 Å². The fourth-order valence-electron chi connectivity index (χ4n) is 3.23. The first-order valence-electron chi connectivity index (χ1n) is 8.82. The summed E-state index contributed by atoms with van der Waals surface area (Å²) in [6.45, 7) is -0.0697. The van der Waals surface area contributed by atoms with Crippen LogP contribution < -0.4 is 16.6 Å². The van der Waals surface area contributed by atoms with Crippen LogP contribution in [0.5, 0.6) is 0 Å². The molecule has 9 heteroatoms. The van der Waals surface area contributed by atoms with E-state index in [-0.39, 0.29) is 23.6 Å². The summed E-state index contributed by atoms with van der Waals surface area (Å²) in [5.74, 6) is -0.267. The van der Waals surface area contributed by atoms with Gasteiger partial charge in [0.25, 0.3) is 5.56 Å². The second-order valence-corrected chi connectivity index (χ2v) is 7.55. The van der Waals surface area contributed by atoms with Crippen LogP contribution in [0.15, 0.2) is 45.6 Å². The number of thiophene rings is 1. The average molecular weight is 397 g/mol. The van der Waals surface area contributed by atoms with Gasteiger partial charge in [0.2, 0.25) is 5.91 Å². The number of allylic oxidation sites excluding steroid dienone is 4. The lowest BCUT2D eigenvalue weighted by atomic mass is 10.0. The molecule has 0 bridgehead atoms. The minimum atomic E-state index is -0.474. The summed E-state index contributed by atoms with van der Waals surface area (Å²) in [6.07, 6.45) is 9.90. The number of imidazole rings is 1. The Morgan fingerprint density at radius 1 is 1.25 bits per heavy atom. The number of amides is 1. The summed E-state index contributed by atoms with van der Waals surface area (Å²) in [5, 5.41) is 5.62. The largest absolute Gasteiger partial charge is 0.332 e. The van der Waals surface area contributed by atoms with Gasteiger partial charge in [-0.3, -0.25) is 18.7 Å². The molecule has 144 valence electrons. The fraction of sp³-hybridized carbons (Fsp3) is 0.263. The van der Waals surface area contributed by atoms with Gasteiger partial charge in [0.1, 0.15) is 6.54 Å². The number of fused-ring (bicyclic) bond motifs is 1. The molecule has 3 aromatic rings. The minimum absolute atomic E-state index is 0.0697. The number of aromatic nitrogens is 4. The van der Waals surface area contributed by atoms with Crippen LogP contribution in [0.2, 0.25) is 0 Å². The molecule has 3 aromatic heterocycles. The number of rotatable bonds is 4. The van der Waals surface area contributed by atoms with Crippen molar-refractivity contribution in [2.24, 2.45) is 14.1 Å². The highest BCUT2D eigenvalue weighted by molar-refractivity contribution is 7.14. The fourth-order valence-corrected chi connectivity index (χ4v) is 4.05. The van der Waals surface area contributed by atoms with Crippen LogP contribution in [-0.4, -0.2) is 24.6 Å². The molecule has 0 aromatic carbocycles. The molecular weight excluding hydrogens is 378 g/mol. The van der Waals surface area contributed by atoms with Gasteiger partial charge in [-0.2, -0.15) is 0 Å². The summed E-state index contributed by atoms with van der Waals surface area (Å²) in [5.41, 5.74) is 1.79. The molecule has 4 rings (SSSR count). The molecule has 1 aliphatic carbocycles. The molecule has 0 unspecified atom stereocenters. The first kappa shape index (κ1) is 18.2. The van der Waals surface area contributed by atoms with Crippen LogP contribution in [0.4, 0.5) is 5.00 Å². The van der Waals surface area contributed by atoms with E-state index in [2.05, 4.69) is 28.5 Å². The van der Waals surface area contributed by atoms with E-state index in [1.165, 1.54) is 33.8 Å². The lowest BCUT2D eigenvalue weighted by Gasteiger charge is -2.07. The number of hydrogen-bond acceptors (Lipinski definition) is 5. The molecule has 0 saturated carbocycles. The Morgan fingerprint density at radius 3 is 2.82 bits per heavy atom. The quantitative estimate of drug-likeness (QED) is 0.728. The van der Waals surface area contributed by atoms with Crippen molar-refractivity contribution in [1.82, 2.24) is 18.7 Å². The molecule has 28 heavy (non-hydrogen) atoms. The normalized spacial score (nSPS) is 13.7. The first-order chi connectivity index (χ1) is 13.5. The molecule has 1 amide bonds. The van der Waals surface area contributed by atoms with Crippen LogP contribution in [0.1, 0.15) is 18.4 Å². The maximum Gasteiger partial charge on any atom is 0.332 e. The smallest absolute Gasteiger partial charge is 0.316 e. The van der Waals surface area contributed by atoms with E-state index in [4.69, 9.17) is 0 Å². The van der Waals surface area contributed by atoms with E-state index < -0.39 is 11.2 Å². The monoisotopic (exact) mass is 397 g/mol. The van der Waals surface area contributed by atoms with Gasteiger partial charge in [0, 0.05) is 19.5 Å². The zero-order valence-electron chi connectivity index (χ0n) is 15.5. The maximum absolute atomic E-state index is 12.5. The molecule has 8 nitrogen and oxygen atoms in total. The van der Waals surface area contributed by atoms with E-state index in [0.29, 0.717) is 0 Å². The van der Waals surface area contributed by atoms with Gasteiger partial charge in [0.15, 0.2) is 11.2 Å². The second-order valence-electron chi connectivity index (χ2n) is 6.64. The third-order valence-corrected chi connectivity index (χ3v) is 5.57. The summed E-state index contributed by atoms with van der Waals surface area (Å²) >= 11 is 1.45. The van der Waals surface area contributed by atoms with Gasteiger partial charge in [-0.1, -0.05) is 18.2 Å². The van der Waals surface area contributed by atoms with Gasteiger partial charge in [0.05, 0.1) is 11.3 Å². The zero-order chi connectivity index (χ0) is 19.8. The van der Waals surface area contributed by atoms with Crippen LogP contribution in [0.25, 0.3) is 16.7 Å². The molecule has 0 spiro atoms. The number of anilines is 1. The molecule has 1 N–H and O–H groups in total. The number of nitrogens with one attached hydrogen (secondary N) is 1. The lowest BCUT2D eigenvalue weighted by molar-refractivity contribution is -0.116. The third kappa shape index (κ3) is 3.13. The third-order valence-electron chi connectivity index (χ3n) is 4.72. The van der Waals surface area contributed by atoms with Crippen LogP contribution in [-0.2, 0) is 25.4 Å². The van der Waals surface area contributed by atoms with Crippen molar-refractivity contribution in [2.45, 2.75) is 19.4 Å². The second kappa shape index (κ2) is 7.08. The van der Waals surface area contributed by atoms with E-state index in [1.807, 2.05) is 11.4 Å². The highest BCUT2D eigenvalue weighted by Crippen LogP contribution is 2.29. The standard InChI is InChI=1S/C19H19N5O3S/c1-22-17-16(18(26)23(2)19(22)27)24(11-20-17)9-14(25)21-15-8-13(10-28-15)12-6-4-3-5-7-12/h4,6-8,10-11H,3,5,9H2,1-2H3,(H,21,25). The van der Waals surface area contributed by atoms with E-state index in [0.717, 1.165) is 33.5 Å². The number of carbonyl (C=O) groups excluding carboxylic acids is 1. The lowest BCUT2D eigenvalue weighted by Crippen LogP contribution is -2.37. The SMILES string of the molecule is Cn1c(=O)c2c(ncn2CC(=O)Nc2cc(C3=CCCC=C3)cs2)n(C)c1=O. The van der Waals surface area contributed by atoms with Crippen molar-refractivity contribution in [2.75, 3.05) is 5.32 Å². The van der Waals surface area contributed by atoms with Crippen LogP contribution >= 0.6 is 11.3 Å². The predicted molar refractivity (Wildman–Crippen MR) is 110 cm³/mol. The summed E-state index contributed by atoms with van der Waals surface area (Å²) in [4.78, 5) is 41.1. The highest BCUT2D eigenvalue weighted by Gasteiger charge is 2.16. The van der Waals surface area contributed by atoms with Gasteiger partial charge in [-0.05, 0) is 30.0 Å². The van der Waals surface area contributed by atoms with Crippen molar-refractivity contribution >= 4 is 39.0 Å². The Kier molecular flexibility index (Phi) is 4.60. The summed E-state index contributed by atoms with van der Waals surface area (Å²) < 4.78 is 3.77. The van der Waals surface area contributed by atoms with Crippen LogP contribution in [0.3, 0.4) is 0 Å². The topological polar surface area (TPSA) is 90.9 Å². The number of nitrogens with zero attached hydrogens (tertiary/aromatic N) is 4. The minimum Gasteiger partial charge on any atom is -0.316 e. The Bertz CT molecular complexity index is 1250. The van der Waals surface area contributed by atoms with Gasteiger partial charge < -0.3 is 9.88 Å². The molecular formula is C19H19N5O3S. The number of carbonyl (C=O) groups is 1. The van der Waals surface area contributed by atoms with E-state index in [9.17, 15) is 14.4 Å². The van der Waals surface area contributed by atoms with Crippen molar-refractivity contribution < 1.29 is 4.79 Å². The molecule has 3 heterocycles. The molecule has 0 atom stereocenters. The maximum atomic E-state index is 12.5. The molecule has 0 aliphatic heterocycles. The molecule has 0 saturated heterocycles. The Balaban J connectivity index is 1.56. The Labute approximate surface area is 164 Å². The predicted octanol–water partition coefficient (Wildman–Crippen LogP) is 1.87. The molecule has 1 aliphatic rings. The molecule has 0 radical (unpaired) electrons. The number of aryl methyl sites for hydroxylation is 1. The van der Waals surface area contributed by atoms with Gasteiger partial charge in [-0.15, -0.1) is 11.3 Å². The number of hydrogen-bond donors (Lipinski definition) is 1. The Hall–Kier alpha value is -3.20. The summed E-state index contributed by atoms with van der Waals surface area (Å²) in [6, 6.07) is 1.94. The average Bonchev–Trinajstić information content (AvgIpc) is 3.33. The van der Waals surface area contributed by atoms with Crippen molar-refractivity contribution in [3.05, 3.63) is 62.4 Å². The Morgan fingerprint density at radius 2 is 2.07 bits per heavy atom. The van der Waals surface area contributed by atoms with Gasteiger partial charge in [-0.25, -0.2) is 9.78 Å². The molecule has 0 fully saturated rings. The highest BCUT2D eigenvalue weighted by atomic mass is 32.1. The van der Waals surface area contributed by atoms with E-state index >= 15 is 0 Å². The van der Waals surface area contributed by atoms with E-state index in [1.54, 1.807) is 7.05 Å². The van der Waals surface area contributed by atoms with Crippen LogP contribution in [0, 0.1) is 0 Å². The van der Waals surface area contributed by atoms with Crippen molar-refractivity contribution in [3.8, 4) is 0 Å². The van der Waals surface area contributed by atoms with Crippen molar-refractivity contribution in [1.29, 1.82) is 0 Å². The first-order valence-corrected chi connectivity index (χ1v) is 9.70. The zero-order valence-corrected chi connectivity index (χ0v) is 16.3. The summed E-state index contributed by atoms with van der Waals surface area (Å²) in [7, 11) is 2.95.